The summed E-state index contributed by atoms with van der Waals surface area (Å²) in [6, 6.07) is 11.1. The molecule has 0 spiro atoms. The summed E-state index contributed by atoms with van der Waals surface area (Å²) in [5.74, 6) is -1.74. The summed E-state index contributed by atoms with van der Waals surface area (Å²) < 4.78 is 17.5. The largest absolute Gasteiger partial charge is 0.495 e. The minimum atomic E-state index is -1.11. The molecular weight excluding hydrogens is 660 g/mol. The highest BCUT2D eigenvalue weighted by molar-refractivity contribution is 6.32. The van der Waals surface area contributed by atoms with Gasteiger partial charge in [-0.1, -0.05) is 75.7 Å². The van der Waals surface area contributed by atoms with Crippen molar-refractivity contribution in [3.05, 3.63) is 76.3 Å². The van der Waals surface area contributed by atoms with Gasteiger partial charge < -0.3 is 35.9 Å². The molecule has 2 aliphatic rings. The predicted octanol–water partition coefficient (Wildman–Crippen LogP) is 4.55. The van der Waals surface area contributed by atoms with E-state index in [9.17, 15) is 19.2 Å². The quantitative estimate of drug-likeness (QED) is 0.229. The van der Waals surface area contributed by atoms with Crippen LogP contribution in [-0.4, -0.2) is 61.6 Å². The molecule has 2 aliphatic heterocycles. The topological polar surface area (TPSA) is 161 Å². The number of epoxide rings is 1. The fourth-order valence-corrected chi connectivity index (χ4v) is 6.21. The van der Waals surface area contributed by atoms with Crippen molar-refractivity contribution in [1.82, 2.24) is 16.0 Å². The van der Waals surface area contributed by atoms with Crippen molar-refractivity contribution < 1.29 is 33.4 Å². The van der Waals surface area contributed by atoms with Crippen LogP contribution in [-0.2, 0) is 41.6 Å². The summed E-state index contributed by atoms with van der Waals surface area (Å²) in [4.78, 5) is 54.3. The van der Waals surface area contributed by atoms with Gasteiger partial charge in [0.05, 0.1) is 23.7 Å². The number of ether oxygens (including phenoxy) is 3. The molecule has 2 aromatic carbocycles. The number of nitrogens with one attached hydrogen (secondary N) is 3. The molecule has 2 aromatic rings. The number of carbonyl (C=O) groups excluding carboxylic acids is 4. The van der Waals surface area contributed by atoms with Crippen molar-refractivity contribution in [1.29, 1.82) is 0 Å². The molecule has 0 aromatic heterocycles. The minimum absolute atomic E-state index is 0.0488. The van der Waals surface area contributed by atoms with Crippen molar-refractivity contribution in [3.63, 3.8) is 0 Å². The molecule has 50 heavy (non-hydrogen) atoms. The summed E-state index contributed by atoms with van der Waals surface area (Å²) in [5, 5.41) is 8.90. The predicted molar refractivity (Wildman–Crippen MR) is 191 cm³/mol. The van der Waals surface area contributed by atoms with Gasteiger partial charge >= 0.3 is 5.97 Å². The van der Waals surface area contributed by atoms with Crippen LogP contribution in [0.25, 0.3) is 0 Å². The molecule has 4 rings (SSSR count). The molecule has 0 radical (unpaired) electrons. The Balaban J connectivity index is 1.62. The third kappa shape index (κ3) is 10.5. The van der Waals surface area contributed by atoms with E-state index < -0.39 is 47.3 Å². The highest BCUT2D eigenvalue weighted by Gasteiger charge is 2.48. The lowest BCUT2D eigenvalue weighted by molar-refractivity contribution is -0.157. The first kappa shape index (κ1) is 38.9. The van der Waals surface area contributed by atoms with E-state index in [4.69, 9.17) is 31.5 Å². The number of hydrogen-bond donors (Lipinski definition) is 4. The molecule has 0 saturated carbocycles. The molecular formula is C38H51ClN4O7. The first-order valence-corrected chi connectivity index (χ1v) is 17.4. The number of methoxy groups -OCH3 is 1. The molecule has 1 saturated heterocycles. The number of amides is 3. The number of hydrogen-bond acceptors (Lipinski definition) is 8. The van der Waals surface area contributed by atoms with E-state index >= 15 is 0 Å². The van der Waals surface area contributed by atoms with Gasteiger partial charge in [0.1, 0.15) is 30.0 Å². The van der Waals surface area contributed by atoms with Crippen LogP contribution in [0.4, 0.5) is 0 Å². The average molecular weight is 711 g/mol. The lowest BCUT2D eigenvalue weighted by Gasteiger charge is -2.32. The zero-order valence-electron chi connectivity index (χ0n) is 30.0. The van der Waals surface area contributed by atoms with Crippen LogP contribution >= 0.6 is 11.6 Å². The van der Waals surface area contributed by atoms with Crippen LogP contribution < -0.4 is 26.4 Å². The second-order valence-electron chi connectivity index (χ2n) is 15.1. The highest BCUT2D eigenvalue weighted by atomic mass is 35.5. The van der Waals surface area contributed by atoms with E-state index in [1.165, 1.54) is 13.2 Å². The molecule has 272 valence electrons. The van der Waals surface area contributed by atoms with Gasteiger partial charge in [0.15, 0.2) is 0 Å². The highest BCUT2D eigenvalue weighted by Crippen LogP contribution is 2.45. The van der Waals surface area contributed by atoms with Crippen molar-refractivity contribution in [2.75, 3.05) is 13.7 Å². The van der Waals surface area contributed by atoms with E-state index in [0.717, 1.165) is 11.1 Å². The average Bonchev–Trinajstić information content (AvgIpc) is 3.86. The maximum Gasteiger partial charge on any atom is 0.328 e. The van der Waals surface area contributed by atoms with Crippen LogP contribution in [0.1, 0.15) is 77.2 Å². The monoisotopic (exact) mass is 710 g/mol. The van der Waals surface area contributed by atoms with Crippen molar-refractivity contribution in [3.8, 4) is 5.75 Å². The second kappa shape index (κ2) is 16.4. The number of nitrogens with two attached hydrogens (primary N) is 1. The molecule has 0 bridgehead atoms. The summed E-state index contributed by atoms with van der Waals surface area (Å²) >= 11 is 6.34. The van der Waals surface area contributed by atoms with Crippen LogP contribution in [0.5, 0.6) is 5.75 Å². The van der Waals surface area contributed by atoms with Crippen molar-refractivity contribution in [2.45, 2.75) is 97.7 Å². The van der Waals surface area contributed by atoms with E-state index in [-0.39, 0.29) is 42.9 Å². The smallest absolute Gasteiger partial charge is 0.328 e. The van der Waals surface area contributed by atoms with Gasteiger partial charge in [-0.05, 0) is 60.6 Å². The van der Waals surface area contributed by atoms with Crippen molar-refractivity contribution in [2.24, 2.45) is 22.5 Å². The fourth-order valence-electron chi connectivity index (χ4n) is 5.93. The number of benzene rings is 2. The normalized spacial score (nSPS) is 26.1. The molecule has 12 heteroatoms. The number of cyclic esters (lactones) is 1. The molecule has 3 amide bonds. The van der Waals surface area contributed by atoms with Crippen molar-refractivity contribution >= 4 is 35.3 Å². The van der Waals surface area contributed by atoms with Gasteiger partial charge in [0.25, 0.3) is 0 Å². The third-order valence-electron chi connectivity index (χ3n) is 9.09. The maximum absolute atomic E-state index is 13.8. The van der Waals surface area contributed by atoms with Gasteiger partial charge in [-0.2, -0.15) is 0 Å². The van der Waals surface area contributed by atoms with Gasteiger partial charge in [-0.15, -0.1) is 0 Å². The number of halogens is 1. The molecule has 6 atom stereocenters. The van der Waals surface area contributed by atoms with E-state index in [2.05, 4.69) is 16.0 Å². The van der Waals surface area contributed by atoms with Gasteiger partial charge in [-0.25, -0.2) is 4.79 Å². The Morgan fingerprint density at radius 2 is 1.70 bits per heavy atom. The Labute approximate surface area is 300 Å². The number of carbonyl (C=O) groups is 4. The summed E-state index contributed by atoms with van der Waals surface area (Å²) in [6.07, 6.45) is 2.54. The van der Waals surface area contributed by atoms with Crippen LogP contribution in [0, 0.1) is 16.7 Å². The van der Waals surface area contributed by atoms with Crippen LogP contribution in [0.15, 0.2) is 54.6 Å². The molecule has 1 fully saturated rings. The molecule has 11 nitrogen and oxygen atoms in total. The summed E-state index contributed by atoms with van der Waals surface area (Å²) in [5.41, 5.74) is 7.04. The number of esters is 1. The van der Waals surface area contributed by atoms with E-state index in [0.29, 0.717) is 29.3 Å². The Morgan fingerprint density at radius 3 is 2.32 bits per heavy atom. The standard InChI is InChI=1S/C38H51ClN4O7/c1-22(32-33(50-32)25-14-11-23(20-40)12-15-25)29-9-8-10-31(44)42-27(18-24-13-16-30(48-7)26(39)17-24)34(45)41-21-38(5,6)36(47)43-28(35(46)49-29)19-37(2,3)4/h8,10-17,22,27-29,32-33H,9,18-21,40H2,1-7H3,(H,41,45)(H,42,44)(H,43,47)/b10-8+/t22?,27-,28+,29+,32-,33-/m1/s1. The second-order valence-corrected chi connectivity index (χ2v) is 15.5. The summed E-state index contributed by atoms with van der Waals surface area (Å²) in [7, 11) is 1.51. The van der Waals surface area contributed by atoms with Gasteiger partial charge in [0, 0.05) is 31.8 Å². The lowest BCUT2D eigenvalue weighted by atomic mass is 9.86. The maximum atomic E-state index is 13.8. The third-order valence-corrected chi connectivity index (χ3v) is 9.39. The first-order chi connectivity index (χ1) is 23.5. The van der Waals surface area contributed by atoms with Crippen LogP contribution in [0.3, 0.4) is 0 Å². The summed E-state index contributed by atoms with van der Waals surface area (Å²) in [6.45, 7) is 11.6. The number of rotatable bonds is 8. The Bertz CT molecular complexity index is 1570. The Kier molecular flexibility index (Phi) is 12.7. The molecule has 0 aliphatic carbocycles. The zero-order valence-corrected chi connectivity index (χ0v) is 30.8. The SMILES string of the molecule is COc1ccc(C[C@H]2NC(=O)/C=C/C[C@@H](C(C)[C@H]3O[C@@H]3c3ccc(CN)cc3)OC(=O)[C@H](CC(C)(C)C)NC(=O)C(C)(C)CNC2=O)cc1Cl. The van der Waals surface area contributed by atoms with Gasteiger partial charge in [-0.3, -0.25) is 14.4 Å². The molecule has 5 N–H and O–H groups in total. The fraction of sp³-hybridized carbons (Fsp3) is 0.526. The van der Waals surface area contributed by atoms with Gasteiger partial charge in [0.2, 0.25) is 17.7 Å². The Hall–Kier alpha value is -3.93. The lowest BCUT2D eigenvalue weighted by Crippen LogP contribution is -2.54. The zero-order chi connectivity index (χ0) is 36.8. The molecule has 1 unspecified atom stereocenters. The van der Waals surface area contributed by atoms with Crippen LogP contribution in [0.2, 0.25) is 5.02 Å². The molecule has 2 heterocycles. The van der Waals surface area contributed by atoms with E-state index in [1.807, 2.05) is 52.0 Å². The minimum Gasteiger partial charge on any atom is -0.495 e. The van der Waals surface area contributed by atoms with E-state index in [1.54, 1.807) is 38.1 Å². The Morgan fingerprint density at radius 1 is 1.02 bits per heavy atom. The first-order valence-electron chi connectivity index (χ1n) is 17.0.